The summed E-state index contributed by atoms with van der Waals surface area (Å²) in [6.45, 7) is 4.78. The van der Waals surface area contributed by atoms with Crippen LogP contribution in [0.3, 0.4) is 0 Å². The van der Waals surface area contributed by atoms with Crippen LogP contribution in [0, 0.1) is 0 Å². The molecule has 10 heteroatoms. The molecule has 1 aromatic heterocycles. The number of amides is 2. The molecule has 2 fully saturated rings. The fourth-order valence-corrected chi connectivity index (χ4v) is 5.96. The van der Waals surface area contributed by atoms with Gasteiger partial charge in [0.05, 0.1) is 6.04 Å². The Kier molecular flexibility index (Phi) is 6.19. The molecule has 2 aliphatic rings. The summed E-state index contributed by atoms with van der Waals surface area (Å²) >= 11 is 1.17. The molecule has 3 N–H and O–H groups in total. The Morgan fingerprint density at radius 2 is 2.22 bits per heavy atom. The van der Waals surface area contributed by atoms with E-state index in [1.54, 1.807) is 17.5 Å². The molecule has 150 valence electrons. The molecule has 1 aromatic rings. The van der Waals surface area contributed by atoms with Gasteiger partial charge in [-0.1, -0.05) is 6.07 Å². The SMILES string of the molecule is CC(C)NC(=O)CC[C@@H]1CNC(=O)[C@@H]2C[C@H](NS(=O)(=O)c3cccs3)CN12. The van der Waals surface area contributed by atoms with Crippen molar-refractivity contribution in [1.82, 2.24) is 20.3 Å². The second-order valence-corrected chi connectivity index (χ2v) is 10.2. The zero-order chi connectivity index (χ0) is 19.6. The van der Waals surface area contributed by atoms with Gasteiger partial charge in [-0.2, -0.15) is 0 Å². The molecule has 2 aliphatic heterocycles. The van der Waals surface area contributed by atoms with Gasteiger partial charge >= 0.3 is 0 Å². The minimum atomic E-state index is -3.57. The third-order valence-electron chi connectivity index (χ3n) is 4.86. The van der Waals surface area contributed by atoms with Crippen molar-refractivity contribution in [3.8, 4) is 0 Å². The number of carbonyl (C=O) groups is 2. The van der Waals surface area contributed by atoms with E-state index in [9.17, 15) is 18.0 Å². The third-order valence-corrected chi connectivity index (χ3v) is 7.78. The summed E-state index contributed by atoms with van der Waals surface area (Å²) in [6, 6.07) is 2.72. The molecule has 2 saturated heterocycles. The smallest absolute Gasteiger partial charge is 0.250 e. The van der Waals surface area contributed by atoms with Gasteiger partial charge in [0.25, 0.3) is 0 Å². The van der Waals surface area contributed by atoms with Crippen LogP contribution in [0.25, 0.3) is 0 Å². The number of thiophene rings is 1. The summed E-state index contributed by atoms with van der Waals surface area (Å²) in [6.07, 6.45) is 1.44. The molecular formula is C17H26N4O4S2. The molecule has 27 heavy (non-hydrogen) atoms. The molecule has 0 aliphatic carbocycles. The molecule has 2 amide bonds. The number of sulfonamides is 1. The van der Waals surface area contributed by atoms with E-state index in [0.29, 0.717) is 32.4 Å². The fraction of sp³-hybridized carbons (Fsp3) is 0.647. The molecule has 3 heterocycles. The van der Waals surface area contributed by atoms with Crippen LogP contribution >= 0.6 is 11.3 Å². The van der Waals surface area contributed by atoms with Crippen molar-refractivity contribution < 1.29 is 18.0 Å². The van der Waals surface area contributed by atoms with E-state index >= 15 is 0 Å². The molecule has 3 rings (SSSR count). The average Bonchev–Trinajstić information content (AvgIpc) is 3.23. The van der Waals surface area contributed by atoms with Gasteiger partial charge in [-0.25, -0.2) is 13.1 Å². The Balaban J connectivity index is 1.62. The van der Waals surface area contributed by atoms with Crippen LogP contribution in [0.2, 0.25) is 0 Å². The lowest BCUT2D eigenvalue weighted by Gasteiger charge is -2.37. The summed E-state index contributed by atoms with van der Waals surface area (Å²) in [5.41, 5.74) is 0. The van der Waals surface area contributed by atoms with Gasteiger partial charge in [0.15, 0.2) is 0 Å². The Hall–Kier alpha value is -1.49. The van der Waals surface area contributed by atoms with Crippen molar-refractivity contribution in [1.29, 1.82) is 0 Å². The highest BCUT2D eigenvalue weighted by molar-refractivity contribution is 7.91. The van der Waals surface area contributed by atoms with Crippen LogP contribution in [-0.4, -0.2) is 62.4 Å². The first-order valence-electron chi connectivity index (χ1n) is 9.15. The van der Waals surface area contributed by atoms with E-state index in [-0.39, 0.29) is 40.2 Å². The average molecular weight is 415 g/mol. The van der Waals surface area contributed by atoms with Gasteiger partial charge in [-0.05, 0) is 38.1 Å². The maximum Gasteiger partial charge on any atom is 0.250 e. The van der Waals surface area contributed by atoms with Gasteiger partial charge in [-0.3, -0.25) is 14.5 Å². The van der Waals surface area contributed by atoms with Gasteiger partial charge in [0.2, 0.25) is 21.8 Å². The van der Waals surface area contributed by atoms with Gasteiger partial charge in [0.1, 0.15) is 4.21 Å². The van der Waals surface area contributed by atoms with Crippen LogP contribution < -0.4 is 15.4 Å². The standard InChI is InChI=1S/C17H26N4O4S2/c1-11(2)19-15(22)6-5-13-9-18-17(23)14-8-12(10-21(13)14)20-27(24,25)16-4-3-7-26-16/h3-4,7,11-14,20H,5-6,8-10H2,1-2H3,(H,18,23)(H,19,22)/t12-,13+,14-/m0/s1. The first-order chi connectivity index (χ1) is 12.8. The summed E-state index contributed by atoms with van der Waals surface area (Å²) in [5, 5.41) is 7.48. The lowest BCUT2D eigenvalue weighted by atomic mass is 10.0. The Bertz CT molecular complexity index is 779. The van der Waals surface area contributed by atoms with Crippen molar-refractivity contribution >= 4 is 33.2 Å². The predicted octanol–water partition coefficient (Wildman–Crippen LogP) is 0.273. The number of rotatable bonds is 7. The summed E-state index contributed by atoms with van der Waals surface area (Å²) in [7, 11) is -3.57. The number of nitrogens with one attached hydrogen (secondary N) is 3. The van der Waals surface area contributed by atoms with Crippen molar-refractivity contribution in [3.63, 3.8) is 0 Å². The zero-order valence-electron chi connectivity index (χ0n) is 15.5. The zero-order valence-corrected chi connectivity index (χ0v) is 17.1. The van der Waals surface area contributed by atoms with E-state index in [1.807, 2.05) is 18.7 Å². The quantitative estimate of drug-likeness (QED) is 0.594. The Morgan fingerprint density at radius 1 is 1.44 bits per heavy atom. The Labute approximate surface area is 163 Å². The molecule has 0 unspecified atom stereocenters. The first kappa shape index (κ1) is 20.2. The summed E-state index contributed by atoms with van der Waals surface area (Å²) in [5.74, 6) is -0.0803. The maximum atomic E-state index is 12.5. The minimum Gasteiger partial charge on any atom is -0.354 e. The number of nitrogens with zero attached hydrogens (tertiary/aromatic N) is 1. The molecule has 8 nitrogen and oxygen atoms in total. The fourth-order valence-electron chi connectivity index (χ4n) is 3.71. The molecule has 0 radical (unpaired) electrons. The third kappa shape index (κ3) is 4.87. The van der Waals surface area contributed by atoms with Crippen molar-refractivity contribution in [3.05, 3.63) is 17.5 Å². The van der Waals surface area contributed by atoms with Crippen molar-refractivity contribution in [2.75, 3.05) is 13.1 Å². The normalized spacial score (nSPS) is 26.0. The van der Waals surface area contributed by atoms with E-state index in [0.717, 1.165) is 0 Å². The lowest BCUT2D eigenvalue weighted by molar-refractivity contribution is -0.129. The largest absolute Gasteiger partial charge is 0.354 e. The lowest BCUT2D eigenvalue weighted by Crippen LogP contribution is -2.58. The summed E-state index contributed by atoms with van der Waals surface area (Å²) < 4.78 is 27.9. The van der Waals surface area contributed by atoms with Crippen molar-refractivity contribution in [2.45, 2.75) is 61.5 Å². The molecular weight excluding hydrogens is 388 g/mol. The van der Waals surface area contributed by atoms with Crippen LogP contribution in [0.15, 0.2) is 21.7 Å². The maximum absolute atomic E-state index is 12.5. The molecule has 0 spiro atoms. The first-order valence-corrected chi connectivity index (χ1v) is 11.5. The van der Waals surface area contributed by atoms with Crippen LogP contribution in [0.5, 0.6) is 0 Å². The second kappa shape index (κ2) is 8.26. The van der Waals surface area contributed by atoms with Crippen LogP contribution in [0.4, 0.5) is 0 Å². The van der Waals surface area contributed by atoms with E-state index < -0.39 is 10.0 Å². The van der Waals surface area contributed by atoms with Gasteiger partial charge in [0, 0.05) is 37.6 Å². The molecule has 0 aromatic carbocycles. The van der Waals surface area contributed by atoms with Crippen LogP contribution in [-0.2, 0) is 19.6 Å². The molecule has 0 bridgehead atoms. The number of hydrogen-bond acceptors (Lipinski definition) is 6. The summed E-state index contributed by atoms with van der Waals surface area (Å²) in [4.78, 5) is 26.2. The molecule has 0 saturated carbocycles. The van der Waals surface area contributed by atoms with E-state index in [1.165, 1.54) is 11.3 Å². The number of hydrogen-bond donors (Lipinski definition) is 3. The number of piperazine rings is 1. The molecule has 3 atom stereocenters. The Morgan fingerprint density at radius 3 is 2.89 bits per heavy atom. The van der Waals surface area contributed by atoms with Gasteiger partial charge < -0.3 is 10.6 Å². The highest BCUT2D eigenvalue weighted by Gasteiger charge is 2.44. The number of carbonyl (C=O) groups excluding carboxylic acids is 2. The van der Waals surface area contributed by atoms with Crippen LogP contribution in [0.1, 0.15) is 33.1 Å². The second-order valence-electron chi connectivity index (χ2n) is 7.36. The highest BCUT2D eigenvalue weighted by Crippen LogP contribution is 2.27. The van der Waals surface area contributed by atoms with E-state index in [2.05, 4.69) is 15.4 Å². The predicted molar refractivity (Wildman–Crippen MR) is 103 cm³/mol. The van der Waals surface area contributed by atoms with Crippen molar-refractivity contribution in [2.24, 2.45) is 0 Å². The minimum absolute atomic E-state index is 0.00686. The highest BCUT2D eigenvalue weighted by atomic mass is 32.2. The number of fused-ring (bicyclic) bond motifs is 1. The topological polar surface area (TPSA) is 108 Å². The monoisotopic (exact) mass is 414 g/mol. The van der Waals surface area contributed by atoms with E-state index in [4.69, 9.17) is 0 Å². The van der Waals surface area contributed by atoms with Gasteiger partial charge in [-0.15, -0.1) is 11.3 Å².